The molecule has 2 aromatic heterocycles. The Morgan fingerprint density at radius 1 is 1.11 bits per heavy atom. The van der Waals surface area contributed by atoms with Gasteiger partial charge in [-0.2, -0.15) is 4.98 Å². The molecule has 0 atom stereocenters. The van der Waals surface area contributed by atoms with E-state index in [1.165, 1.54) is 23.8 Å². The Morgan fingerprint density at radius 2 is 2.00 bits per heavy atom. The van der Waals surface area contributed by atoms with Gasteiger partial charge in [0.2, 0.25) is 0 Å². The molecule has 3 N–H and O–H groups in total. The largest absolute Gasteiger partial charge is 0.399 e. The Balaban J connectivity index is 1.55. The number of nitrogen functional groups attached to an aromatic ring is 1. The number of benzene rings is 2. The number of anilines is 1. The van der Waals surface area contributed by atoms with E-state index in [4.69, 9.17) is 5.73 Å². The topological polar surface area (TPSA) is 81.1 Å². The van der Waals surface area contributed by atoms with Crippen LogP contribution in [0.4, 0.5) is 10.1 Å². The smallest absolute Gasteiger partial charge is 0.252 e. The molecular formula is C20H17FN6. The number of fused-ring (bicyclic) bond motifs is 1. The maximum Gasteiger partial charge on any atom is 0.252 e. The summed E-state index contributed by atoms with van der Waals surface area (Å²) < 4.78 is 15.7. The van der Waals surface area contributed by atoms with E-state index in [2.05, 4.69) is 38.6 Å². The van der Waals surface area contributed by atoms with E-state index >= 15 is 0 Å². The van der Waals surface area contributed by atoms with Crippen molar-refractivity contribution in [2.75, 3.05) is 18.8 Å². The molecule has 0 radical (unpaired) electrons. The van der Waals surface area contributed by atoms with Gasteiger partial charge >= 0.3 is 0 Å². The predicted molar refractivity (Wildman–Crippen MR) is 102 cm³/mol. The molecule has 0 unspecified atom stereocenters. The van der Waals surface area contributed by atoms with E-state index in [0.29, 0.717) is 17.4 Å². The summed E-state index contributed by atoms with van der Waals surface area (Å²) in [4.78, 5) is 8.71. The van der Waals surface area contributed by atoms with Gasteiger partial charge in [0, 0.05) is 42.7 Å². The molecular weight excluding hydrogens is 343 g/mol. The van der Waals surface area contributed by atoms with Crippen molar-refractivity contribution < 1.29 is 4.39 Å². The Labute approximate surface area is 154 Å². The summed E-state index contributed by atoms with van der Waals surface area (Å²) in [6.45, 7) is 2.03. The monoisotopic (exact) mass is 360 g/mol. The second-order valence-corrected chi connectivity index (χ2v) is 6.74. The van der Waals surface area contributed by atoms with Gasteiger partial charge < -0.3 is 11.1 Å². The number of nitrogens with zero attached hydrogens (tertiary/aromatic N) is 4. The zero-order valence-electron chi connectivity index (χ0n) is 14.4. The molecule has 1 saturated heterocycles. The van der Waals surface area contributed by atoms with Gasteiger partial charge in [-0.25, -0.2) is 13.9 Å². The lowest BCUT2D eigenvalue weighted by Crippen LogP contribution is -2.39. The lowest BCUT2D eigenvalue weighted by atomic mass is 9.91. The summed E-state index contributed by atoms with van der Waals surface area (Å²) in [5, 5.41) is 7.69. The van der Waals surface area contributed by atoms with Crippen molar-refractivity contribution >= 4 is 11.5 Å². The molecule has 3 heterocycles. The molecule has 5 rings (SSSR count). The number of rotatable bonds is 3. The van der Waals surface area contributed by atoms with E-state index in [1.54, 1.807) is 10.7 Å². The van der Waals surface area contributed by atoms with Crippen molar-refractivity contribution in [3.63, 3.8) is 0 Å². The highest BCUT2D eigenvalue weighted by Crippen LogP contribution is 2.27. The predicted octanol–water partition coefficient (Wildman–Crippen LogP) is 2.87. The summed E-state index contributed by atoms with van der Waals surface area (Å²) in [5.74, 6) is 0.821. The molecule has 6 nitrogen and oxygen atoms in total. The summed E-state index contributed by atoms with van der Waals surface area (Å²) in [7, 11) is 0. The molecule has 0 bridgehead atoms. The molecule has 1 fully saturated rings. The van der Waals surface area contributed by atoms with E-state index in [9.17, 15) is 4.39 Å². The van der Waals surface area contributed by atoms with Gasteiger partial charge in [-0.15, -0.1) is 5.10 Å². The van der Waals surface area contributed by atoms with Crippen molar-refractivity contribution in [3.05, 3.63) is 66.2 Å². The zero-order valence-corrected chi connectivity index (χ0v) is 14.4. The number of nitrogens with one attached hydrogen (secondary N) is 1. The third kappa shape index (κ3) is 2.82. The molecule has 1 aliphatic rings. The third-order valence-corrected chi connectivity index (χ3v) is 4.90. The number of nitrogens with two attached hydrogens (primary N) is 1. The Kier molecular flexibility index (Phi) is 3.61. The quantitative estimate of drug-likeness (QED) is 0.549. The van der Waals surface area contributed by atoms with Crippen LogP contribution in [0.1, 0.15) is 11.5 Å². The van der Waals surface area contributed by atoms with Crippen LogP contribution in [0.5, 0.6) is 0 Å². The molecule has 1 aliphatic heterocycles. The lowest BCUT2D eigenvalue weighted by molar-refractivity contribution is 0.448. The second kappa shape index (κ2) is 6.14. The zero-order chi connectivity index (χ0) is 18.4. The van der Waals surface area contributed by atoms with Crippen molar-refractivity contribution in [1.29, 1.82) is 0 Å². The molecule has 0 spiro atoms. The first-order chi connectivity index (χ1) is 13.2. The van der Waals surface area contributed by atoms with Crippen LogP contribution in [-0.4, -0.2) is 32.7 Å². The maximum absolute atomic E-state index is 14.1. The highest BCUT2D eigenvalue weighted by molar-refractivity contribution is 5.66. The van der Waals surface area contributed by atoms with Crippen LogP contribution < -0.4 is 11.1 Å². The SMILES string of the molecule is Nc1ccc(F)c(-c2nc3ncc(-c4cccc(C5CNC5)c4)cn3n2)c1. The van der Waals surface area contributed by atoms with Crippen LogP contribution in [0, 0.1) is 5.82 Å². The van der Waals surface area contributed by atoms with Crippen molar-refractivity contribution in [3.8, 4) is 22.5 Å². The molecule has 0 saturated carbocycles. The Hall–Kier alpha value is -3.32. The van der Waals surface area contributed by atoms with Crippen LogP contribution in [0.15, 0.2) is 54.9 Å². The first kappa shape index (κ1) is 15.9. The van der Waals surface area contributed by atoms with E-state index < -0.39 is 5.82 Å². The first-order valence-corrected chi connectivity index (χ1v) is 8.76. The van der Waals surface area contributed by atoms with Gasteiger partial charge in [-0.3, -0.25) is 0 Å². The van der Waals surface area contributed by atoms with Crippen LogP contribution in [-0.2, 0) is 0 Å². The fourth-order valence-electron chi connectivity index (χ4n) is 3.26. The molecule has 0 aliphatic carbocycles. The fourth-order valence-corrected chi connectivity index (χ4v) is 3.26. The van der Waals surface area contributed by atoms with Gasteiger partial charge in [0.15, 0.2) is 5.82 Å². The average Bonchev–Trinajstić information content (AvgIpc) is 3.05. The standard InChI is InChI=1S/C20H17FN6/c21-18-5-4-16(22)7-17(18)19-25-20-24-10-15(11-27(20)26-19)13-3-1-2-12(6-13)14-8-23-9-14/h1-7,10-11,14,23H,8-9,22H2. The summed E-state index contributed by atoms with van der Waals surface area (Å²) in [6.07, 6.45) is 3.63. The highest BCUT2D eigenvalue weighted by Gasteiger charge is 2.19. The number of hydrogen-bond donors (Lipinski definition) is 2. The maximum atomic E-state index is 14.1. The summed E-state index contributed by atoms with van der Waals surface area (Å²) >= 11 is 0. The minimum absolute atomic E-state index is 0.263. The van der Waals surface area contributed by atoms with Gasteiger partial charge in [0.05, 0.1) is 5.56 Å². The van der Waals surface area contributed by atoms with Crippen LogP contribution >= 0.6 is 0 Å². The molecule has 27 heavy (non-hydrogen) atoms. The molecule has 4 aromatic rings. The summed E-state index contributed by atoms with van der Waals surface area (Å²) in [6, 6.07) is 12.8. The summed E-state index contributed by atoms with van der Waals surface area (Å²) in [5.41, 5.74) is 9.80. The lowest BCUT2D eigenvalue weighted by Gasteiger charge is -2.27. The van der Waals surface area contributed by atoms with Crippen LogP contribution in [0.25, 0.3) is 28.3 Å². The second-order valence-electron chi connectivity index (χ2n) is 6.74. The van der Waals surface area contributed by atoms with Gasteiger partial charge in [-0.1, -0.05) is 24.3 Å². The van der Waals surface area contributed by atoms with E-state index in [1.807, 2.05) is 12.3 Å². The average molecular weight is 360 g/mol. The van der Waals surface area contributed by atoms with Crippen molar-refractivity contribution in [2.45, 2.75) is 5.92 Å². The minimum atomic E-state index is -0.415. The number of hydrogen-bond acceptors (Lipinski definition) is 5. The fraction of sp³-hybridized carbons (Fsp3) is 0.150. The minimum Gasteiger partial charge on any atom is -0.399 e. The molecule has 7 heteroatoms. The number of halogens is 1. The van der Waals surface area contributed by atoms with Crippen LogP contribution in [0.3, 0.4) is 0 Å². The van der Waals surface area contributed by atoms with Gasteiger partial charge in [0.25, 0.3) is 5.78 Å². The Bertz CT molecular complexity index is 1150. The van der Waals surface area contributed by atoms with Gasteiger partial charge in [0.1, 0.15) is 5.82 Å². The van der Waals surface area contributed by atoms with Gasteiger partial charge in [-0.05, 0) is 29.3 Å². The first-order valence-electron chi connectivity index (χ1n) is 8.76. The van der Waals surface area contributed by atoms with Crippen LogP contribution in [0.2, 0.25) is 0 Å². The highest BCUT2D eigenvalue weighted by atomic mass is 19.1. The van der Waals surface area contributed by atoms with E-state index in [-0.39, 0.29) is 11.4 Å². The third-order valence-electron chi connectivity index (χ3n) is 4.90. The molecule has 134 valence electrons. The Morgan fingerprint density at radius 3 is 2.81 bits per heavy atom. The van der Waals surface area contributed by atoms with Crippen molar-refractivity contribution in [1.82, 2.24) is 24.9 Å². The van der Waals surface area contributed by atoms with E-state index in [0.717, 1.165) is 24.2 Å². The molecule has 2 aromatic carbocycles. The van der Waals surface area contributed by atoms with Crippen molar-refractivity contribution in [2.24, 2.45) is 0 Å². The number of aromatic nitrogens is 4. The molecule has 0 amide bonds. The normalized spacial score (nSPS) is 14.4.